The Morgan fingerprint density at radius 2 is 2.05 bits per heavy atom. The highest BCUT2D eigenvalue weighted by atomic mass is 32.2. The standard InChI is InChI=1S/C12H20N4O3S/c13-9(17)5-8-6-10(18)15-12(14-8)20-7-11(19)16-3-1-2-4-16/h8,12,14H,1-7H2,(H2,13,17)(H,15,18). The molecule has 2 fully saturated rings. The number of carbonyl (C=O) groups is 3. The highest BCUT2D eigenvalue weighted by Gasteiger charge is 2.28. The van der Waals surface area contributed by atoms with E-state index in [1.54, 1.807) is 0 Å². The Kier molecular flexibility index (Phi) is 5.24. The molecule has 2 rings (SSSR count). The van der Waals surface area contributed by atoms with Gasteiger partial charge in [-0.1, -0.05) is 0 Å². The molecule has 0 aliphatic carbocycles. The van der Waals surface area contributed by atoms with Gasteiger partial charge in [-0.15, -0.1) is 11.8 Å². The summed E-state index contributed by atoms with van der Waals surface area (Å²) < 4.78 is 0. The molecule has 2 heterocycles. The summed E-state index contributed by atoms with van der Waals surface area (Å²) in [6.07, 6.45) is 2.50. The predicted molar refractivity (Wildman–Crippen MR) is 75.6 cm³/mol. The number of nitrogens with two attached hydrogens (primary N) is 1. The number of hydrogen-bond donors (Lipinski definition) is 3. The smallest absolute Gasteiger partial charge is 0.232 e. The van der Waals surface area contributed by atoms with Gasteiger partial charge in [0.2, 0.25) is 17.7 Å². The molecule has 7 nitrogen and oxygen atoms in total. The maximum Gasteiger partial charge on any atom is 0.232 e. The molecule has 4 N–H and O–H groups in total. The van der Waals surface area contributed by atoms with Crippen molar-refractivity contribution in [2.75, 3.05) is 18.8 Å². The van der Waals surface area contributed by atoms with E-state index in [1.807, 2.05) is 4.90 Å². The van der Waals surface area contributed by atoms with Gasteiger partial charge in [0.25, 0.3) is 0 Å². The van der Waals surface area contributed by atoms with Crippen LogP contribution in [0.25, 0.3) is 0 Å². The molecule has 0 aromatic heterocycles. The van der Waals surface area contributed by atoms with Crippen LogP contribution in [0.4, 0.5) is 0 Å². The van der Waals surface area contributed by atoms with Crippen LogP contribution in [0.1, 0.15) is 25.7 Å². The van der Waals surface area contributed by atoms with Crippen molar-refractivity contribution in [2.24, 2.45) is 5.73 Å². The summed E-state index contributed by atoms with van der Waals surface area (Å²) in [5, 5.41) is 5.88. The third kappa shape index (κ3) is 4.38. The lowest BCUT2D eigenvalue weighted by Crippen LogP contribution is -2.55. The highest BCUT2D eigenvalue weighted by Crippen LogP contribution is 2.16. The minimum Gasteiger partial charge on any atom is -0.370 e. The Bertz CT molecular complexity index is 396. The van der Waals surface area contributed by atoms with E-state index in [4.69, 9.17) is 5.73 Å². The third-order valence-corrected chi connectivity index (χ3v) is 4.39. The van der Waals surface area contributed by atoms with Gasteiger partial charge in [0.05, 0.1) is 5.75 Å². The van der Waals surface area contributed by atoms with Crippen LogP contribution in [-0.4, -0.2) is 53.0 Å². The van der Waals surface area contributed by atoms with Crippen LogP contribution in [0.2, 0.25) is 0 Å². The van der Waals surface area contributed by atoms with Gasteiger partial charge in [-0.2, -0.15) is 0 Å². The van der Waals surface area contributed by atoms with Crippen LogP contribution in [0.15, 0.2) is 0 Å². The molecule has 2 saturated heterocycles. The zero-order chi connectivity index (χ0) is 14.5. The maximum absolute atomic E-state index is 11.9. The molecule has 2 unspecified atom stereocenters. The molecule has 2 atom stereocenters. The Morgan fingerprint density at radius 3 is 2.70 bits per heavy atom. The van der Waals surface area contributed by atoms with E-state index >= 15 is 0 Å². The van der Waals surface area contributed by atoms with Crippen molar-refractivity contribution < 1.29 is 14.4 Å². The summed E-state index contributed by atoms with van der Waals surface area (Å²) in [5.74, 6) is -0.142. The van der Waals surface area contributed by atoms with Gasteiger partial charge in [-0.3, -0.25) is 19.7 Å². The topological polar surface area (TPSA) is 105 Å². The van der Waals surface area contributed by atoms with E-state index in [2.05, 4.69) is 10.6 Å². The second-order valence-electron chi connectivity index (χ2n) is 5.08. The van der Waals surface area contributed by atoms with E-state index in [9.17, 15) is 14.4 Å². The molecule has 0 radical (unpaired) electrons. The second-order valence-corrected chi connectivity index (χ2v) is 6.18. The van der Waals surface area contributed by atoms with Gasteiger partial charge < -0.3 is 16.0 Å². The molecule has 2 aliphatic heterocycles. The summed E-state index contributed by atoms with van der Waals surface area (Å²) in [6, 6.07) is -0.249. The predicted octanol–water partition coefficient (Wildman–Crippen LogP) is -1.02. The first kappa shape index (κ1) is 15.1. The number of rotatable bonds is 5. The summed E-state index contributed by atoms with van der Waals surface area (Å²) in [6.45, 7) is 1.66. The van der Waals surface area contributed by atoms with Crippen molar-refractivity contribution in [3.05, 3.63) is 0 Å². The molecule has 3 amide bonds. The lowest BCUT2D eigenvalue weighted by molar-refractivity contribution is -0.127. The number of thioether (sulfide) groups is 1. The fraction of sp³-hybridized carbons (Fsp3) is 0.750. The summed E-state index contributed by atoms with van der Waals surface area (Å²) in [7, 11) is 0. The van der Waals surface area contributed by atoms with Gasteiger partial charge in [-0.25, -0.2) is 0 Å². The van der Waals surface area contributed by atoms with E-state index in [-0.39, 0.29) is 36.2 Å². The van der Waals surface area contributed by atoms with E-state index in [0.717, 1.165) is 25.9 Å². The number of likely N-dealkylation sites (tertiary alicyclic amines) is 1. The Morgan fingerprint density at radius 1 is 1.35 bits per heavy atom. The monoisotopic (exact) mass is 300 g/mol. The van der Waals surface area contributed by atoms with Crippen LogP contribution >= 0.6 is 11.8 Å². The molecule has 0 aromatic carbocycles. The maximum atomic E-state index is 11.9. The molecule has 0 saturated carbocycles. The molecule has 0 aromatic rings. The van der Waals surface area contributed by atoms with Crippen molar-refractivity contribution in [3.63, 3.8) is 0 Å². The van der Waals surface area contributed by atoms with Crippen LogP contribution in [-0.2, 0) is 14.4 Å². The molecule has 8 heteroatoms. The lowest BCUT2D eigenvalue weighted by Gasteiger charge is -2.30. The van der Waals surface area contributed by atoms with E-state index in [0.29, 0.717) is 5.75 Å². The van der Waals surface area contributed by atoms with Crippen LogP contribution in [0, 0.1) is 0 Å². The molecule has 0 spiro atoms. The third-order valence-electron chi connectivity index (χ3n) is 3.39. The van der Waals surface area contributed by atoms with Gasteiger partial charge in [0, 0.05) is 32.0 Å². The van der Waals surface area contributed by atoms with Crippen molar-refractivity contribution in [1.82, 2.24) is 15.5 Å². The number of amides is 3. The van der Waals surface area contributed by atoms with Gasteiger partial charge in [-0.05, 0) is 12.8 Å². The molecule has 2 aliphatic rings. The first-order chi connectivity index (χ1) is 9.54. The molecule has 20 heavy (non-hydrogen) atoms. The quantitative estimate of drug-likeness (QED) is 0.603. The molecular weight excluding hydrogens is 280 g/mol. The van der Waals surface area contributed by atoms with Crippen LogP contribution in [0.5, 0.6) is 0 Å². The van der Waals surface area contributed by atoms with Crippen molar-refractivity contribution in [2.45, 2.75) is 37.2 Å². The normalized spacial score (nSPS) is 26.4. The average molecular weight is 300 g/mol. The van der Waals surface area contributed by atoms with E-state index < -0.39 is 5.91 Å². The zero-order valence-corrected chi connectivity index (χ0v) is 12.1. The first-order valence-corrected chi connectivity index (χ1v) is 7.82. The average Bonchev–Trinajstić information content (AvgIpc) is 2.88. The van der Waals surface area contributed by atoms with Gasteiger partial charge >= 0.3 is 0 Å². The van der Waals surface area contributed by atoms with Crippen molar-refractivity contribution in [3.8, 4) is 0 Å². The zero-order valence-electron chi connectivity index (χ0n) is 11.3. The molecule has 0 bridgehead atoms. The first-order valence-electron chi connectivity index (χ1n) is 6.77. The van der Waals surface area contributed by atoms with Gasteiger partial charge in [0.1, 0.15) is 5.50 Å². The second kappa shape index (κ2) is 6.94. The number of nitrogens with zero attached hydrogens (tertiary/aromatic N) is 1. The summed E-state index contributed by atoms with van der Waals surface area (Å²) in [5.41, 5.74) is 4.80. The SMILES string of the molecule is NC(=O)CC1CC(=O)NC(SCC(=O)N2CCCC2)N1. The van der Waals surface area contributed by atoms with Crippen molar-refractivity contribution in [1.29, 1.82) is 0 Å². The minimum atomic E-state index is -0.436. The van der Waals surface area contributed by atoms with Crippen molar-refractivity contribution >= 4 is 29.5 Å². The molecule has 112 valence electrons. The van der Waals surface area contributed by atoms with Gasteiger partial charge in [0.15, 0.2) is 0 Å². The fourth-order valence-electron chi connectivity index (χ4n) is 2.42. The minimum absolute atomic E-state index is 0.0978. The Hall–Kier alpha value is -1.28. The lowest BCUT2D eigenvalue weighted by atomic mass is 10.1. The number of nitrogens with one attached hydrogen (secondary N) is 2. The highest BCUT2D eigenvalue weighted by molar-refractivity contribution is 8.00. The largest absolute Gasteiger partial charge is 0.370 e. The number of hydrogen-bond acceptors (Lipinski definition) is 5. The van der Waals surface area contributed by atoms with E-state index in [1.165, 1.54) is 11.8 Å². The molecular formula is C12H20N4O3S. The Balaban J connectivity index is 1.77. The summed E-state index contributed by atoms with van der Waals surface area (Å²) in [4.78, 5) is 36.2. The Labute approximate surface area is 122 Å². The summed E-state index contributed by atoms with van der Waals surface area (Å²) >= 11 is 1.34. The van der Waals surface area contributed by atoms with Crippen LogP contribution in [0.3, 0.4) is 0 Å². The number of primary amides is 1. The van der Waals surface area contributed by atoms with Crippen LogP contribution < -0.4 is 16.4 Å². The fourth-order valence-corrected chi connectivity index (χ4v) is 3.42. The number of carbonyl (C=O) groups excluding carboxylic acids is 3.